The second kappa shape index (κ2) is 3.01. The molecule has 0 saturated heterocycles. The van der Waals surface area contributed by atoms with Crippen LogP contribution in [0, 0.1) is 4.91 Å². The first-order valence-corrected chi connectivity index (χ1v) is 2.98. The summed E-state index contributed by atoms with van der Waals surface area (Å²) in [5.41, 5.74) is 0.185. The summed E-state index contributed by atoms with van der Waals surface area (Å²) in [4.78, 5) is 10.1. The molecule has 0 heterocycles. The number of phenolic OH excluding ortho intramolecular Hbond substituents is 1. The lowest BCUT2D eigenvalue weighted by molar-refractivity contribution is 0.409. The number of hydrogen-bond acceptors (Lipinski definition) is 4. The predicted molar refractivity (Wildman–Crippen MR) is 40.1 cm³/mol. The summed E-state index contributed by atoms with van der Waals surface area (Å²) in [6.45, 7) is 0. The van der Waals surface area contributed by atoms with Gasteiger partial charge in [-0.3, -0.25) is 0 Å². The molecule has 0 atom stereocenters. The average Bonchev–Trinajstić information content (AvgIpc) is 2.04. The van der Waals surface area contributed by atoms with Crippen molar-refractivity contribution < 1.29 is 9.84 Å². The van der Waals surface area contributed by atoms with Gasteiger partial charge in [-0.15, -0.1) is 4.91 Å². The summed E-state index contributed by atoms with van der Waals surface area (Å²) in [6.07, 6.45) is 0. The molecule has 4 heteroatoms. The lowest BCUT2D eigenvalue weighted by atomic mass is 10.3. The third kappa shape index (κ3) is 1.46. The van der Waals surface area contributed by atoms with E-state index in [-0.39, 0.29) is 17.2 Å². The highest BCUT2D eigenvalue weighted by molar-refractivity contribution is 5.54. The van der Waals surface area contributed by atoms with Crippen molar-refractivity contribution in [3.8, 4) is 11.5 Å². The van der Waals surface area contributed by atoms with Gasteiger partial charge in [0, 0.05) is 6.07 Å². The minimum absolute atomic E-state index is 0.0502. The summed E-state index contributed by atoms with van der Waals surface area (Å²) < 4.78 is 4.76. The van der Waals surface area contributed by atoms with Gasteiger partial charge in [-0.25, -0.2) is 0 Å². The smallest absolute Gasteiger partial charge is 0.151 e. The Morgan fingerprint density at radius 2 is 2.27 bits per heavy atom. The lowest BCUT2D eigenvalue weighted by Gasteiger charge is -2.00. The van der Waals surface area contributed by atoms with Gasteiger partial charge in [0.15, 0.2) is 5.75 Å². The number of methoxy groups -OCH3 is 1. The zero-order valence-corrected chi connectivity index (χ0v) is 5.94. The van der Waals surface area contributed by atoms with Gasteiger partial charge in [-0.05, 0) is 17.3 Å². The fraction of sp³-hybridized carbons (Fsp3) is 0.143. The second-order valence-electron chi connectivity index (χ2n) is 1.95. The molecule has 1 aromatic rings. The fourth-order valence-corrected chi connectivity index (χ4v) is 0.742. The Hall–Kier alpha value is -1.58. The number of hydrogen-bond donors (Lipinski definition) is 1. The zero-order valence-electron chi connectivity index (χ0n) is 5.94. The predicted octanol–water partition coefficient (Wildman–Crippen LogP) is 1.80. The van der Waals surface area contributed by atoms with E-state index in [1.165, 1.54) is 25.3 Å². The maximum absolute atomic E-state index is 10.1. The minimum Gasteiger partial charge on any atom is -0.508 e. The van der Waals surface area contributed by atoms with Crippen LogP contribution >= 0.6 is 0 Å². The van der Waals surface area contributed by atoms with E-state index < -0.39 is 0 Å². The SMILES string of the molecule is COc1cc(O)ccc1N=O. The van der Waals surface area contributed by atoms with Crippen molar-refractivity contribution in [2.75, 3.05) is 7.11 Å². The highest BCUT2D eigenvalue weighted by atomic mass is 16.5. The molecule has 11 heavy (non-hydrogen) atoms. The Kier molecular flexibility index (Phi) is 2.06. The monoisotopic (exact) mass is 153 g/mol. The number of ether oxygens (including phenoxy) is 1. The van der Waals surface area contributed by atoms with E-state index in [9.17, 15) is 4.91 Å². The normalized spacial score (nSPS) is 9.18. The summed E-state index contributed by atoms with van der Waals surface area (Å²) in [5, 5.41) is 11.6. The van der Waals surface area contributed by atoms with Gasteiger partial charge in [0.25, 0.3) is 0 Å². The van der Waals surface area contributed by atoms with Crippen molar-refractivity contribution in [2.45, 2.75) is 0 Å². The molecule has 4 nitrogen and oxygen atoms in total. The highest BCUT2D eigenvalue weighted by Crippen LogP contribution is 2.30. The highest BCUT2D eigenvalue weighted by Gasteiger charge is 2.02. The molecule has 1 aromatic carbocycles. The lowest BCUT2D eigenvalue weighted by Crippen LogP contribution is -1.81. The van der Waals surface area contributed by atoms with Crippen molar-refractivity contribution in [2.24, 2.45) is 5.18 Å². The zero-order chi connectivity index (χ0) is 8.27. The number of phenols is 1. The summed E-state index contributed by atoms with van der Waals surface area (Å²) in [6, 6.07) is 4.09. The summed E-state index contributed by atoms with van der Waals surface area (Å²) in [5.74, 6) is 0.328. The fourth-order valence-electron chi connectivity index (χ4n) is 0.742. The number of benzene rings is 1. The van der Waals surface area contributed by atoms with Crippen LogP contribution in [0.15, 0.2) is 23.4 Å². The van der Waals surface area contributed by atoms with Crippen LogP contribution in [0.4, 0.5) is 5.69 Å². The molecule has 0 radical (unpaired) electrons. The Bertz CT molecular complexity index is 272. The second-order valence-corrected chi connectivity index (χ2v) is 1.95. The Morgan fingerprint density at radius 3 is 2.82 bits per heavy atom. The average molecular weight is 153 g/mol. The van der Waals surface area contributed by atoms with Crippen molar-refractivity contribution in [1.29, 1.82) is 0 Å². The van der Waals surface area contributed by atoms with E-state index in [2.05, 4.69) is 5.18 Å². The van der Waals surface area contributed by atoms with Crippen LogP contribution < -0.4 is 4.74 Å². The molecule has 1 rings (SSSR count). The van der Waals surface area contributed by atoms with E-state index in [0.29, 0.717) is 0 Å². The molecule has 0 aliphatic rings. The van der Waals surface area contributed by atoms with Crippen LogP contribution in [-0.4, -0.2) is 12.2 Å². The Balaban J connectivity index is 3.16. The third-order valence-corrected chi connectivity index (χ3v) is 1.26. The van der Waals surface area contributed by atoms with Crippen molar-refractivity contribution >= 4 is 5.69 Å². The molecule has 0 aliphatic heterocycles. The third-order valence-electron chi connectivity index (χ3n) is 1.26. The summed E-state index contributed by atoms with van der Waals surface area (Å²) >= 11 is 0. The molecular weight excluding hydrogens is 146 g/mol. The number of aromatic hydroxyl groups is 1. The molecular formula is C7H7NO3. The molecule has 0 saturated carbocycles. The van der Waals surface area contributed by atoms with E-state index in [1.54, 1.807) is 0 Å². The van der Waals surface area contributed by atoms with Gasteiger partial charge in [0.1, 0.15) is 11.4 Å². The number of nitrogens with zero attached hydrogens (tertiary/aromatic N) is 1. The van der Waals surface area contributed by atoms with E-state index in [4.69, 9.17) is 9.84 Å². The van der Waals surface area contributed by atoms with Crippen molar-refractivity contribution in [1.82, 2.24) is 0 Å². The van der Waals surface area contributed by atoms with E-state index >= 15 is 0 Å². The van der Waals surface area contributed by atoms with Crippen LogP contribution in [0.5, 0.6) is 11.5 Å². The first-order chi connectivity index (χ1) is 5.27. The van der Waals surface area contributed by atoms with Crippen LogP contribution in [0.3, 0.4) is 0 Å². The molecule has 0 amide bonds. The molecule has 0 fully saturated rings. The topological polar surface area (TPSA) is 58.9 Å². The van der Waals surface area contributed by atoms with Crippen LogP contribution in [0.25, 0.3) is 0 Å². The number of nitroso groups, excluding NO2 is 1. The van der Waals surface area contributed by atoms with Crippen molar-refractivity contribution in [3.05, 3.63) is 23.1 Å². The molecule has 1 N–H and O–H groups in total. The van der Waals surface area contributed by atoms with Crippen LogP contribution in [0.2, 0.25) is 0 Å². The van der Waals surface area contributed by atoms with Gasteiger partial charge in [-0.1, -0.05) is 0 Å². The van der Waals surface area contributed by atoms with E-state index in [0.717, 1.165) is 0 Å². The molecule has 0 bridgehead atoms. The molecule has 0 aliphatic carbocycles. The van der Waals surface area contributed by atoms with Crippen molar-refractivity contribution in [3.63, 3.8) is 0 Å². The molecule has 0 unspecified atom stereocenters. The van der Waals surface area contributed by atoms with Gasteiger partial charge < -0.3 is 9.84 Å². The maximum Gasteiger partial charge on any atom is 0.151 e. The first kappa shape index (κ1) is 7.53. The standard InChI is InChI=1S/C7H7NO3/c1-11-7-4-5(9)2-3-6(7)8-10/h2-4,9H,1H3. The number of rotatable bonds is 2. The van der Waals surface area contributed by atoms with Crippen LogP contribution in [0.1, 0.15) is 0 Å². The Labute approximate surface area is 63.4 Å². The largest absolute Gasteiger partial charge is 0.508 e. The quantitative estimate of drug-likeness (QED) is 0.659. The minimum atomic E-state index is 0.0502. The molecule has 0 spiro atoms. The molecule has 0 aromatic heterocycles. The molecule has 58 valence electrons. The Morgan fingerprint density at radius 1 is 1.55 bits per heavy atom. The first-order valence-electron chi connectivity index (χ1n) is 2.98. The van der Waals surface area contributed by atoms with Gasteiger partial charge in [0.2, 0.25) is 0 Å². The summed E-state index contributed by atoms with van der Waals surface area (Å²) in [7, 11) is 1.41. The van der Waals surface area contributed by atoms with E-state index in [1.807, 2.05) is 0 Å². The van der Waals surface area contributed by atoms with Gasteiger partial charge in [0.05, 0.1) is 7.11 Å². The van der Waals surface area contributed by atoms with Crippen LogP contribution in [-0.2, 0) is 0 Å². The maximum atomic E-state index is 10.1. The van der Waals surface area contributed by atoms with Gasteiger partial charge >= 0.3 is 0 Å². The van der Waals surface area contributed by atoms with Gasteiger partial charge in [-0.2, -0.15) is 0 Å².